The SMILES string of the molecule is CCOC(=O)CC(=O)N(OCc1ccccc1)c1ncnc(Cc2ccccc2)c1C(=O)OCC.CCOC(=O)c1c(Cc2ccccc2)ncnc1NOCc1ccccc1.CCOC(=O)c1c(O)c2c(Cc3ccccc3)ncnc2n(OCc2ccccc2)c1=O. The fraction of sp³-hybridized carbons (Fsp3) is 0.211. The van der Waals surface area contributed by atoms with Gasteiger partial charge in [-0.05, 0) is 61.1 Å². The number of benzene rings is 6. The van der Waals surface area contributed by atoms with Gasteiger partial charge in [-0.3, -0.25) is 24.1 Å². The molecule has 6 aromatic carbocycles. The maximum absolute atomic E-state index is 13.1. The largest absolute Gasteiger partial charge is 0.506 e. The number of nitrogens with zero attached hydrogens (tertiary/aromatic N) is 8. The molecule has 0 unspecified atom stereocenters. The van der Waals surface area contributed by atoms with Gasteiger partial charge in [0.15, 0.2) is 22.8 Å². The number of hydrogen-bond donors (Lipinski definition) is 2. The van der Waals surface area contributed by atoms with Crippen LogP contribution in [-0.2, 0) is 77.3 Å². The summed E-state index contributed by atoms with van der Waals surface area (Å²) < 4.78 is 21.3. The summed E-state index contributed by atoms with van der Waals surface area (Å²) >= 11 is 0. The zero-order valence-electron chi connectivity index (χ0n) is 52.2. The first-order valence-electron chi connectivity index (χ1n) is 30.1. The number of anilines is 2. The highest BCUT2D eigenvalue weighted by molar-refractivity contribution is 6.06. The number of pyridine rings is 1. The molecular weight excluding hydrogens is 1200 g/mol. The Labute approximate surface area is 541 Å². The Kier molecular flexibility index (Phi) is 26.0. The highest BCUT2D eigenvalue weighted by atomic mass is 16.7. The van der Waals surface area contributed by atoms with Gasteiger partial charge >= 0.3 is 29.4 Å². The zero-order valence-corrected chi connectivity index (χ0v) is 52.2. The van der Waals surface area contributed by atoms with Gasteiger partial charge in [0.2, 0.25) is 0 Å². The predicted molar refractivity (Wildman–Crippen MR) is 347 cm³/mol. The van der Waals surface area contributed by atoms with E-state index in [-0.39, 0.29) is 67.6 Å². The van der Waals surface area contributed by atoms with Crippen molar-refractivity contribution in [1.29, 1.82) is 0 Å². The van der Waals surface area contributed by atoms with E-state index in [0.29, 0.717) is 48.8 Å². The Hall–Kier alpha value is -11.6. The summed E-state index contributed by atoms with van der Waals surface area (Å²) in [5.74, 6) is -3.91. The summed E-state index contributed by atoms with van der Waals surface area (Å²) in [6.07, 6.45) is 4.50. The quantitative estimate of drug-likeness (QED) is 0.0220. The molecule has 482 valence electrons. The summed E-state index contributed by atoms with van der Waals surface area (Å²) in [5.41, 5.74) is 8.61. The number of fused-ring (bicyclic) bond motifs is 1. The second-order valence-electron chi connectivity index (χ2n) is 20.1. The first-order chi connectivity index (χ1) is 45.9. The fourth-order valence-electron chi connectivity index (χ4n) is 9.25. The highest BCUT2D eigenvalue weighted by Gasteiger charge is 2.31. The van der Waals surface area contributed by atoms with Crippen LogP contribution in [0.2, 0.25) is 0 Å². The molecule has 0 saturated carbocycles. The molecule has 10 aromatic rings. The van der Waals surface area contributed by atoms with E-state index in [9.17, 15) is 33.9 Å². The Morgan fingerprint density at radius 1 is 0.457 bits per heavy atom. The summed E-state index contributed by atoms with van der Waals surface area (Å²) in [5, 5.41) is 12.0. The number of hydroxylamine groups is 1. The van der Waals surface area contributed by atoms with Crippen LogP contribution in [0.25, 0.3) is 11.0 Å². The van der Waals surface area contributed by atoms with E-state index >= 15 is 0 Å². The topological polar surface area (TPSA) is 285 Å². The smallest absolute Gasteiger partial charge is 0.347 e. The molecule has 0 aliphatic carbocycles. The van der Waals surface area contributed by atoms with Crippen molar-refractivity contribution in [2.24, 2.45) is 0 Å². The molecular formula is C71H69N9O14. The first-order valence-corrected chi connectivity index (χ1v) is 30.1. The van der Waals surface area contributed by atoms with Crippen molar-refractivity contribution in [3.63, 3.8) is 0 Å². The van der Waals surface area contributed by atoms with Gasteiger partial charge in [0, 0.05) is 19.3 Å². The summed E-state index contributed by atoms with van der Waals surface area (Å²) in [7, 11) is 0. The number of nitrogens with one attached hydrogen (secondary N) is 1. The Morgan fingerprint density at radius 2 is 0.862 bits per heavy atom. The zero-order chi connectivity index (χ0) is 66.4. The van der Waals surface area contributed by atoms with Gasteiger partial charge in [-0.1, -0.05) is 182 Å². The third-order valence-corrected chi connectivity index (χ3v) is 13.6. The van der Waals surface area contributed by atoms with Crippen molar-refractivity contribution in [1.82, 2.24) is 34.6 Å². The lowest BCUT2D eigenvalue weighted by Gasteiger charge is -2.23. The van der Waals surface area contributed by atoms with Gasteiger partial charge in [0.1, 0.15) is 55.5 Å². The molecule has 0 radical (unpaired) electrons. The van der Waals surface area contributed by atoms with Gasteiger partial charge in [-0.25, -0.2) is 49.8 Å². The first kappa shape index (κ1) is 68.4. The molecule has 0 saturated heterocycles. The van der Waals surface area contributed by atoms with Crippen LogP contribution in [0.4, 0.5) is 11.6 Å². The van der Waals surface area contributed by atoms with E-state index in [4.69, 9.17) is 33.5 Å². The van der Waals surface area contributed by atoms with Gasteiger partial charge in [0.25, 0.3) is 5.91 Å². The number of carbonyl (C=O) groups excluding carboxylic acids is 5. The number of esters is 4. The maximum Gasteiger partial charge on any atom is 0.347 e. The molecule has 0 atom stereocenters. The molecule has 0 aliphatic heterocycles. The number of ether oxygens (including phenoxy) is 4. The van der Waals surface area contributed by atoms with Gasteiger partial charge in [-0.2, -0.15) is 5.06 Å². The highest BCUT2D eigenvalue weighted by Crippen LogP contribution is 2.30. The van der Waals surface area contributed by atoms with Crippen molar-refractivity contribution in [2.75, 3.05) is 37.0 Å². The monoisotopic (exact) mass is 1270 g/mol. The van der Waals surface area contributed by atoms with Crippen LogP contribution in [-0.4, -0.2) is 96.0 Å². The fourth-order valence-corrected chi connectivity index (χ4v) is 9.25. The molecule has 4 heterocycles. The second kappa shape index (κ2) is 35.7. The average molecular weight is 1270 g/mol. The average Bonchev–Trinajstić information content (AvgIpc) is 0.759. The van der Waals surface area contributed by atoms with Crippen molar-refractivity contribution >= 4 is 52.5 Å². The third kappa shape index (κ3) is 19.2. The summed E-state index contributed by atoms with van der Waals surface area (Å²) in [4.78, 5) is 119. The Bertz CT molecular complexity index is 4160. The number of carbonyl (C=O) groups is 5. The van der Waals surface area contributed by atoms with E-state index in [1.165, 1.54) is 19.0 Å². The number of aromatic hydroxyl groups is 1. The Morgan fingerprint density at radius 3 is 1.36 bits per heavy atom. The molecule has 0 fully saturated rings. The van der Waals surface area contributed by atoms with Crippen molar-refractivity contribution < 1.29 is 62.5 Å². The lowest BCUT2D eigenvalue weighted by atomic mass is 10.1. The van der Waals surface area contributed by atoms with Crippen LogP contribution < -0.4 is 20.9 Å². The van der Waals surface area contributed by atoms with Crippen molar-refractivity contribution in [2.45, 2.75) is 73.2 Å². The molecule has 2 N–H and O–H groups in total. The van der Waals surface area contributed by atoms with Crippen LogP contribution in [0.3, 0.4) is 0 Å². The molecule has 94 heavy (non-hydrogen) atoms. The van der Waals surface area contributed by atoms with E-state index in [1.54, 1.807) is 27.7 Å². The molecule has 23 nitrogen and oxygen atoms in total. The minimum Gasteiger partial charge on any atom is -0.506 e. The Balaban J connectivity index is 0.000000182. The lowest BCUT2D eigenvalue weighted by Crippen LogP contribution is -2.35. The van der Waals surface area contributed by atoms with E-state index in [2.05, 4.69) is 35.4 Å². The third-order valence-electron chi connectivity index (χ3n) is 13.6. The molecule has 0 aliphatic rings. The van der Waals surface area contributed by atoms with Gasteiger partial charge < -0.3 is 28.9 Å². The van der Waals surface area contributed by atoms with E-state index < -0.39 is 53.1 Å². The molecule has 0 bridgehead atoms. The second-order valence-corrected chi connectivity index (χ2v) is 20.1. The van der Waals surface area contributed by atoms with Crippen LogP contribution in [0.15, 0.2) is 206 Å². The summed E-state index contributed by atoms with van der Waals surface area (Å²) in [6.45, 7) is 7.63. The van der Waals surface area contributed by atoms with Crippen LogP contribution in [0.5, 0.6) is 5.75 Å². The van der Waals surface area contributed by atoms with Gasteiger partial charge in [-0.15, -0.1) is 4.73 Å². The maximum atomic E-state index is 13.1. The normalized spacial score (nSPS) is 10.6. The molecule has 0 spiro atoms. The van der Waals surface area contributed by atoms with E-state index in [1.807, 2.05) is 182 Å². The van der Waals surface area contributed by atoms with Crippen molar-refractivity contribution in [3.8, 4) is 5.75 Å². The number of aromatic nitrogens is 7. The van der Waals surface area contributed by atoms with Crippen LogP contribution in [0.1, 0.15) is 116 Å². The standard InChI is InChI=1S/C26H27N3O6.C24H21N3O5.C21H21N3O3/c1-3-33-23(31)16-22(30)29(35-17-20-13-9-6-10-14-20)25-24(26(32)34-4-2)21(27-18-28-25)15-19-11-7-5-8-12-19;1-2-31-24(30)20-21(28)19-18(13-16-9-5-3-6-10-16)25-15-26-22(19)27(23(20)29)32-14-17-11-7-4-8-12-17;1-2-26-21(25)19-18(13-16-9-5-3-6-10-16)22-15-23-20(19)24-27-14-17-11-7-4-8-12-17/h5-14,18H,3-4,15-17H2,1-2H3;3-12,15,28H,2,13-14H2,1H3;3-12,15H,2,13-14H2,1H3,(H,22,23,24). The minimum atomic E-state index is -0.941. The predicted octanol–water partition coefficient (Wildman–Crippen LogP) is 10.3. The molecule has 4 aromatic heterocycles. The minimum absolute atomic E-state index is 0.00427. The molecule has 1 amide bonds. The van der Waals surface area contributed by atoms with E-state index in [0.717, 1.165) is 43.2 Å². The lowest BCUT2D eigenvalue weighted by molar-refractivity contribution is -0.147. The number of rotatable bonds is 26. The number of hydrogen-bond acceptors (Lipinski definition) is 21. The van der Waals surface area contributed by atoms with Gasteiger partial charge in [0.05, 0.1) is 55.5 Å². The summed E-state index contributed by atoms with van der Waals surface area (Å²) in [6, 6.07) is 56.9. The number of amides is 1. The molecule has 10 rings (SSSR count). The van der Waals surface area contributed by atoms with Crippen LogP contribution >= 0.6 is 0 Å². The molecule has 23 heteroatoms. The van der Waals surface area contributed by atoms with Crippen LogP contribution in [0, 0.1) is 0 Å². The van der Waals surface area contributed by atoms with Crippen molar-refractivity contribution in [3.05, 3.63) is 278 Å².